The van der Waals surface area contributed by atoms with E-state index in [1.54, 1.807) is 0 Å². The third-order valence-corrected chi connectivity index (χ3v) is 14.5. The number of hydrogen-bond donors (Lipinski definition) is 0. The summed E-state index contributed by atoms with van der Waals surface area (Å²) in [6.45, 7) is 4.77. The van der Waals surface area contributed by atoms with Gasteiger partial charge in [0.05, 0.1) is 22.1 Å². The molecule has 1 heterocycles. The molecule has 0 N–H and O–H groups in total. The second-order valence-electron chi connectivity index (χ2n) is 18.1. The van der Waals surface area contributed by atoms with Gasteiger partial charge in [0.2, 0.25) is 0 Å². The lowest BCUT2D eigenvalue weighted by Gasteiger charge is -2.34. The maximum absolute atomic E-state index is 4.77. The van der Waals surface area contributed by atoms with Crippen molar-refractivity contribution in [3.05, 3.63) is 289 Å². The topological polar surface area (TPSA) is 8.17 Å². The molecule has 1 spiro atoms. The van der Waals surface area contributed by atoms with Gasteiger partial charge in [0.15, 0.2) is 0 Å². The van der Waals surface area contributed by atoms with Crippen molar-refractivity contribution >= 4 is 49.5 Å². The molecule has 11 aromatic rings. The zero-order valence-corrected chi connectivity index (χ0v) is 37.6. The summed E-state index contributed by atoms with van der Waals surface area (Å²) < 4.78 is 2.38. The molecule has 10 aromatic carbocycles. The molecule has 0 atom stereocenters. The molecular formula is C66H46N2. The third kappa shape index (κ3) is 6.18. The van der Waals surface area contributed by atoms with Gasteiger partial charge in [0.1, 0.15) is 0 Å². The SMILES string of the molecule is C=C1/C=C\C(N(c2ccc(-c3ccccc3)cc2)c2cccc3c(-c4ccc5c(c4)c4ccccc4n5-c4ccccc4)cccc23)=C/CC2(c3ccccc31)c1ccccc1-c1ccccc12. The Labute approximate surface area is 397 Å². The van der Waals surface area contributed by atoms with Crippen molar-refractivity contribution in [1.29, 1.82) is 0 Å². The highest BCUT2D eigenvalue weighted by atomic mass is 15.1. The van der Waals surface area contributed by atoms with Gasteiger partial charge in [0.25, 0.3) is 0 Å². The highest BCUT2D eigenvalue weighted by molar-refractivity contribution is 6.12. The van der Waals surface area contributed by atoms with Crippen molar-refractivity contribution in [3.8, 4) is 39.1 Å². The Morgan fingerprint density at radius 3 is 1.69 bits per heavy atom. The van der Waals surface area contributed by atoms with E-state index in [0.717, 1.165) is 34.8 Å². The Balaban J connectivity index is 1.02. The van der Waals surface area contributed by atoms with Gasteiger partial charge >= 0.3 is 0 Å². The number of para-hydroxylation sites is 2. The number of allylic oxidation sites excluding steroid dienone is 4. The van der Waals surface area contributed by atoms with Crippen LogP contribution in [-0.4, -0.2) is 4.57 Å². The van der Waals surface area contributed by atoms with Gasteiger partial charge in [-0.1, -0.05) is 207 Å². The van der Waals surface area contributed by atoms with E-state index in [-0.39, 0.29) is 0 Å². The fourth-order valence-electron chi connectivity index (χ4n) is 11.4. The Kier molecular flexibility index (Phi) is 9.33. The molecule has 0 saturated carbocycles. The smallest absolute Gasteiger partial charge is 0.0541 e. The van der Waals surface area contributed by atoms with Crippen LogP contribution in [-0.2, 0) is 5.41 Å². The summed E-state index contributed by atoms with van der Waals surface area (Å²) in [4.78, 5) is 2.47. The number of hydrogen-bond acceptors (Lipinski definition) is 1. The average Bonchev–Trinajstić information content (AvgIpc) is 3.91. The highest BCUT2D eigenvalue weighted by Crippen LogP contribution is 2.56. The predicted molar refractivity (Wildman–Crippen MR) is 287 cm³/mol. The molecule has 320 valence electrons. The minimum absolute atomic E-state index is 0.443. The monoisotopic (exact) mass is 866 g/mol. The van der Waals surface area contributed by atoms with Gasteiger partial charge in [-0.05, 0) is 128 Å². The van der Waals surface area contributed by atoms with E-state index in [4.69, 9.17) is 6.58 Å². The van der Waals surface area contributed by atoms with E-state index < -0.39 is 5.41 Å². The van der Waals surface area contributed by atoms with Crippen LogP contribution in [0.3, 0.4) is 0 Å². The summed E-state index contributed by atoms with van der Waals surface area (Å²) in [5.41, 5.74) is 19.8. The normalized spacial score (nSPS) is 14.9. The standard InChI is InChI=1S/C66H46N2/c1-45-34-38-51(42-43-66(60-29-12-8-22-52(45)60)61-30-13-9-23-55(61)56-24-10-14-31-62(56)66)67(50-39-35-47(36-40-50)46-18-4-2-5-19-46)63-33-17-27-54-53(26-16-28-57(54)63)48-37-41-65-59(44-48)58-25-11-15-32-64(58)68(65)49-20-6-3-7-21-49/h2-42,44H,1,43H2/b38-34-,51-42+. The zero-order chi connectivity index (χ0) is 45.2. The van der Waals surface area contributed by atoms with Crippen molar-refractivity contribution in [3.63, 3.8) is 0 Å². The summed E-state index contributed by atoms with van der Waals surface area (Å²) in [6.07, 6.45) is 7.74. The van der Waals surface area contributed by atoms with Crippen molar-refractivity contribution in [1.82, 2.24) is 4.57 Å². The molecule has 2 aliphatic rings. The van der Waals surface area contributed by atoms with Gasteiger partial charge in [0, 0.05) is 33.2 Å². The van der Waals surface area contributed by atoms with Crippen LogP contribution in [0.15, 0.2) is 267 Å². The van der Waals surface area contributed by atoms with Gasteiger partial charge in [-0.15, -0.1) is 0 Å². The number of benzene rings is 10. The molecule has 1 aromatic heterocycles. The Hall–Kier alpha value is -8.72. The quantitative estimate of drug-likeness (QED) is 0.162. The van der Waals surface area contributed by atoms with Crippen molar-refractivity contribution in [2.75, 3.05) is 4.90 Å². The Morgan fingerprint density at radius 2 is 0.941 bits per heavy atom. The first-order chi connectivity index (χ1) is 33.7. The van der Waals surface area contributed by atoms with Crippen LogP contribution < -0.4 is 4.90 Å². The lowest BCUT2D eigenvalue weighted by molar-refractivity contribution is 0.641. The largest absolute Gasteiger partial charge is 0.310 e. The molecule has 0 bridgehead atoms. The maximum Gasteiger partial charge on any atom is 0.0541 e. The van der Waals surface area contributed by atoms with E-state index in [1.165, 1.54) is 88.2 Å². The first-order valence-corrected chi connectivity index (χ1v) is 23.6. The number of rotatable bonds is 6. The van der Waals surface area contributed by atoms with Crippen molar-refractivity contribution in [2.24, 2.45) is 0 Å². The van der Waals surface area contributed by atoms with Gasteiger partial charge in [-0.25, -0.2) is 0 Å². The summed E-state index contributed by atoms with van der Waals surface area (Å²) in [5.74, 6) is 0. The first kappa shape index (κ1) is 39.6. The fraction of sp³-hybridized carbons (Fsp3) is 0.0303. The lowest BCUT2D eigenvalue weighted by Crippen LogP contribution is -2.28. The average molecular weight is 867 g/mol. The van der Waals surface area contributed by atoms with E-state index >= 15 is 0 Å². The minimum atomic E-state index is -0.443. The van der Waals surface area contributed by atoms with Crippen molar-refractivity contribution < 1.29 is 0 Å². The molecule has 0 radical (unpaired) electrons. The van der Waals surface area contributed by atoms with E-state index in [0.29, 0.717) is 0 Å². The predicted octanol–water partition coefficient (Wildman–Crippen LogP) is 17.3. The maximum atomic E-state index is 4.77. The fourth-order valence-corrected chi connectivity index (χ4v) is 11.4. The third-order valence-electron chi connectivity index (χ3n) is 14.5. The number of anilines is 2. The number of aromatic nitrogens is 1. The van der Waals surface area contributed by atoms with Crippen LogP contribution in [0.4, 0.5) is 11.4 Å². The lowest BCUT2D eigenvalue weighted by atomic mass is 9.68. The Bertz CT molecular complexity index is 3790. The molecule has 0 unspecified atom stereocenters. The summed E-state index contributed by atoms with van der Waals surface area (Å²) in [5, 5.41) is 4.85. The van der Waals surface area contributed by atoms with Crippen LogP contribution in [0.2, 0.25) is 0 Å². The molecule has 2 aliphatic carbocycles. The minimum Gasteiger partial charge on any atom is -0.310 e. The van der Waals surface area contributed by atoms with Crippen LogP contribution in [0.1, 0.15) is 28.7 Å². The highest BCUT2D eigenvalue weighted by Gasteiger charge is 2.45. The van der Waals surface area contributed by atoms with Crippen LogP contribution in [0.5, 0.6) is 0 Å². The molecule has 0 aliphatic heterocycles. The van der Waals surface area contributed by atoms with Crippen LogP contribution in [0, 0.1) is 0 Å². The van der Waals surface area contributed by atoms with Crippen molar-refractivity contribution in [2.45, 2.75) is 11.8 Å². The number of fused-ring (bicyclic) bond motifs is 11. The number of nitrogens with zero attached hydrogens (tertiary/aromatic N) is 2. The van der Waals surface area contributed by atoms with Gasteiger partial charge < -0.3 is 9.47 Å². The van der Waals surface area contributed by atoms with Gasteiger partial charge in [-0.3, -0.25) is 0 Å². The summed E-state index contributed by atoms with van der Waals surface area (Å²) >= 11 is 0. The summed E-state index contributed by atoms with van der Waals surface area (Å²) in [7, 11) is 0. The van der Waals surface area contributed by atoms with E-state index in [2.05, 4.69) is 264 Å². The molecule has 0 saturated heterocycles. The molecule has 2 heteroatoms. The first-order valence-electron chi connectivity index (χ1n) is 23.6. The molecule has 13 rings (SSSR count). The Morgan fingerprint density at radius 1 is 0.397 bits per heavy atom. The molecular weight excluding hydrogens is 821 g/mol. The van der Waals surface area contributed by atoms with E-state index in [1.807, 2.05) is 0 Å². The molecule has 0 amide bonds. The zero-order valence-electron chi connectivity index (χ0n) is 37.6. The van der Waals surface area contributed by atoms with Gasteiger partial charge in [-0.2, -0.15) is 0 Å². The van der Waals surface area contributed by atoms with Crippen LogP contribution in [0.25, 0.3) is 77.2 Å². The second kappa shape index (κ2) is 16.0. The summed E-state index contributed by atoms with van der Waals surface area (Å²) in [6, 6.07) is 86.7. The molecule has 68 heavy (non-hydrogen) atoms. The molecule has 0 fully saturated rings. The van der Waals surface area contributed by atoms with Crippen LogP contribution >= 0.6 is 0 Å². The van der Waals surface area contributed by atoms with E-state index in [9.17, 15) is 0 Å². The molecule has 2 nitrogen and oxygen atoms in total. The second-order valence-corrected chi connectivity index (χ2v) is 18.1.